The van der Waals surface area contributed by atoms with Crippen LogP contribution in [0.3, 0.4) is 0 Å². The maximum atomic E-state index is 13.8. The van der Waals surface area contributed by atoms with Crippen LogP contribution >= 0.6 is 27.5 Å². The molecule has 0 saturated heterocycles. The van der Waals surface area contributed by atoms with Crippen molar-refractivity contribution in [3.05, 3.63) is 67.9 Å². The molecule has 4 heteroatoms. The maximum absolute atomic E-state index is 13.8. The van der Waals surface area contributed by atoms with E-state index in [0.717, 1.165) is 21.2 Å². The predicted molar refractivity (Wildman–Crippen MR) is 85.7 cm³/mol. The Bertz CT molecular complexity index is 622. The fourth-order valence-electron chi connectivity index (χ4n) is 2.26. The van der Waals surface area contributed by atoms with Crippen LogP contribution < -0.4 is 5.73 Å². The van der Waals surface area contributed by atoms with Crippen molar-refractivity contribution in [2.75, 3.05) is 0 Å². The zero-order chi connectivity index (χ0) is 14.9. The van der Waals surface area contributed by atoms with Crippen LogP contribution in [0.1, 0.15) is 28.3 Å². The van der Waals surface area contributed by atoms with E-state index in [9.17, 15) is 4.39 Å². The zero-order valence-corrected chi connectivity index (χ0v) is 13.7. The van der Waals surface area contributed by atoms with Gasteiger partial charge in [0.1, 0.15) is 5.82 Å². The van der Waals surface area contributed by atoms with Crippen LogP contribution in [0.5, 0.6) is 0 Å². The second kappa shape index (κ2) is 6.25. The fraction of sp³-hybridized carbons (Fsp3) is 0.250. The van der Waals surface area contributed by atoms with Gasteiger partial charge in [0, 0.05) is 21.1 Å². The molecule has 0 radical (unpaired) electrons. The molecular weight excluding hydrogens is 341 g/mol. The summed E-state index contributed by atoms with van der Waals surface area (Å²) in [5.41, 5.74) is 9.93. The Morgan fingerprint density at radius 3 is 2.60 bits per heavy atom. The number of aryl methyl sites for hydroxylation is 2. The lowest BCUT2D eigenvalue weighted by Gasteiger charge is -2.17. The van der Waals surface area contributed by atoms with Crippen molar-refractivity contribution >= 4 is 27.5 Å². The van der Waals surface area contributed by atoms with E-state index in [-0.39, 0.29) is 11.9 Å². The van der Waals surface area contributed by atoms with E-state index in [0.29, 0.717) is 17.0 Å². The molecule has 2 aromatic carbocycles. The molecular formula is C16H16BrClFN. The van der Waals surface area contributed by atoms with Crippen LogP contribution in [0.4, 0.5) is 4.39 Å². The van der Waals surface area contributed by atoms with Gasteiger partial charge in [-0.25, -0.2) is 4.39 Å². The first-order chi connectivity index (χ1) is 9.40. The minimum Gasteiger partial charge on any atom is -0.324 e. The summed E-state index contributed by atoms with van der Waals surface area (Å²) in [6.07, 6.45) is 0.382. The van der Waals surface area contributed by atoms with Gasteiger partial charge in [-0.1, -0.05) is 39.7 Å². The number of halogens is 3. The highest BCUT2D eigenvalue weighted by Crippen LogP contribution is 2.29. The number of hydrogen-bond acceptors (Lipinski definition) is 1. The van der Waals surface area contributed by atoms with Crippen molar-refractivity contribution in [2.24, 2.45) is 5.73 Å². The van der Waals surface area contributed by atoms with Crippen molar-refractivity contribution in [3.63, 3.8) is 0 Å². The molecule has 0 saturated carbocycles. The van der Waals surface area contributed by atoms with Gasteiger partial charge in [-0.05, 0) is 55.2 Å². The summed E-state index contributed by atoms with van der Waals surface area (Å²) in [4.78, 5) is 0. The average molecular weight is 357 g/mol. The Labute approximate surface area is 132 Å². The largest absolute Gasteiger partial charge is 0.324 e. The van der Waals surface area contributed by atoms with Gasteiger partial charge in [0.25, 0.3) is 0 Å². The van der Waals surface area contributed by atoms with Crippen LogP contribution in [0.25, 0.3) is 0 Å². The van der Waals surface area contributed by atoms with Crippen LogP contribution in [0.15, 0.2) is 34.8 Å². The van der Waals surface area contributed by atoms with Gasteiger partial charge in [-0.3, -0.25) is 0 Å². The van der Waals surface area contributed by atoms with Gasteiger partial charge in [0.2, 0.25) is 0 Å². The Balaban J connectivity index is 2.33. The maximum Gasteiger partial charge on any atom is 0.127 e. The first-order valence-electron chi connectivity index (χ1n) is 6.35. The molecule has 2 rings (SSSR count). The quantitative estimate of drug-likeness (QED) is 0.813. The third-order valence-electron chi connectivity index (χ3n) is 3.43. The molecule has 0 aliphatic carbocycles. The monoisotopic (exact) mass is 355 g/mol. The lowest BCUT2D eigenvalue weighted by Crippen LogP contribution is -2.16. The highest BCUT2D eigenvalue weighted by atomic mass is 79.9. The highest BCUT2D eigenvalue weighted by Gasteiger charge is 2.15. The summed E-state index contributed by atoms with van der Waals surface area (Å²) in [6.45, 7) is 4.01. The SMILES string of the molecule is Cc1cc(C(N)Cc2c(F)cccc2Cl)c(C)cc1Br. The summed E-state index contributed by atoms with van der Waals surface area (Å²) in [5.74, 6) is -0.306. The highest BCUT2D eigenvalue weighted by molar-refractivity contribution is 9.10. The normalized spacial score (nSPS) is 12.5. The molecule has 1 atom stereocenters. The van der Waals surface area contributed by atoms with Gasteiger partial charge >= 0.3 is 0 Å². The predicted octanol–water partition coefficient (Wildman–Crippen LogP) is 5.10. The standard InChI is InChI=1S/C16H16BrClFN/c1-9-7-13(17)10(2)6-11(9)16(20)8-12-14(18)4-3-5-15(12)19/h3-7,16H,8,20H2,1-2H3. The smallest absolute Gasteiger partial charge is 0.127 e. The first-order valence-corrected chi connectivity index (χ1v) is 7.52. The number of nitrogens with two attached hydrogens (primary N) is 1. The third kappa shape index (κ3) is 3.22. The minimum absolute atomic E-state index is 0.281. The molecule has 0 aromatic heterocycles. The van der Waals surface area contributed by atoms with E-state index in [1.165, 1.54) is 6.07 Å². The van der Waals surface area contributed by atoms with Crippen LogP contribution in [-0.2, 0) is 6.42 Å². The molecule has 0 fully saturated rings. The molecule has 1 unspecified atom stereocenters. The molecule has 1 nitrogen and oxygen atoms in total. The van der Waals surface area contributed by atoms with E-state index in [1.54, 1.807) is 12.1 Å². The first kappa shape index (κ1) is 15.5. The van der Waals surface area contributed by atoms with Crippen molar-refractivity contribution in [1.82, 2.24) is 0 Å². The lowest BCUT2D eigenvalue weighted by molar-refractivity contribution is 0.593. The number of rotatable bonds is 3. The van der Waals surface area contributed by atoms with Crippen LogP contribution in [-0.4, -0.2) is 0 Å². The van der Waals surface area contributed by atoms with Gasteiger partial charge in [0.05, 0.1) is 0 Å². The van der Waals surface area contributed by atoms with Crippen molar-refractivity contribution in [3.8, 4) is 0 Å². The topological polar surface area (TPSA) is 26.0 Å². The van der Waals surface area contributed by atoms with Gasteiger partial charge in [-0.2, -0.15) is 0 Å². The molecule has 2 aromatic rings. The summed E-state index contributed by atoms with van der Waals surface area (Å²) >= 11 is 9.55. The molecule has 0 aliphatic rings. The molecule has 0 bridgehead atoms. The van der Waals surface area contributed by atoms with Crippen LogP contribution in [0.2, 0.25) is 5.02 Å². The summed E-state index contributed by atoms with van der Waals surface area (Å²) < 4.78 is 14.9. The van der Waals surface area contributed by atoms with Crippen LogP contribution in [0, 0.1) is 19.7 Å². The van der Waals surface area contributed by atoms with Crippen molar-refractivity contribution in [1.29, 1.82) is 0 Å². The van der Waals surface area contributed by atoms with Gasteiger partial charge in [-0.15, -0.1) is 0 Å². The molecule has 0 heterocycles. The van der Waals surface area contributed by atoms with E-state index in [2.05, 4.69) is 15.9 Å². The van der Waals surface area contributed by atoms with E-state index < -0.39 is 0 Å². The lowest BCUT2D eigenvalue weighted by atomic mass is 9.94. The molecule has 20 heavy (non-hydrogen) atoms. The van der Waals surface area contributed by atoms with E-state index in [4.69, 9.17) is 17.3 Å². The molecule has 0 amide bonds. The Morgan fingerprint density at radius 2 is 1.95 bits per heavy atom. The molecule has 106 valence electrons. The summed E-state index contributed by atoms with van der Waals surface area (Å²) in [5, 5.41) is 0.423. The molecule has 0 aliphatic heterocycles. The summed E-state index contributed by atoms with van der Waals surface area (Å²) in [7, 11) is 0. The Kier molecular flexibility index (Phi) is 4.84. The molecule has 2 N–H and O–H groups in total. The summed E-state index contributed by atoms with van der Waals surface area (Å²) in [6, 6.07) is 8.49. The third-order valence-corrected chi connectivity index (χ3v) is 4.64. The number of hydrogen-bond donors (Lipinski definition) is 1. The second-order valence-corrected chi connectivity index (χ2v) is 6.23. The van der Waals surface area contributed by atoms with Crippen molar-refractivity contribution < 1.29 is 4.39 Å². The Hall–Kier alpha value is -0.900. The minimum atomic E-state index is -0.306. The number of benzene rings is 2. The van der Waals surface area contributed by atoms with Gasteiger partial charge < -0.3 is 5.73 Å². The van der Waals surface area contributed by atoms with E-state index >= 15 is 0 Å². The van der Waals surface area contributed by atoms with E-state index in [1.807, 2.05) is 26.0 Å². The second-order valence-electron chi connectivity index (χ2n) is 4.97. The zero-order valence-electron chi connectivity index (χ0n) is 11.4. The average Bonchev–Trinajstić information content (AvgIpc) is 2.38. The van der Waals surface area contributed by atoms with Gasteiger partial charge in [0.15, 0.2) is 0 Å². The Morgan fingerprint density at radius 1 is 1.25 bits per heavy atom. The fourth-order valence-corrected chi connectivity index (χ4v) is 2.96. The molecule has 0 spiro atoms. The van der Waals surface area contributed by atoms with Crippen molar-refractivity contribution in [2.45, 2.75) is 26.3 Å².